The van der Waals surface area contributed by atoms with Crippen LogP contribution in [0, 0.1) is 0 Å². The summed E-state index contributed by atoms with van der Waals surface area (Å²) in [5, 5.41) is 8.85. The first-order valence-electron chi connectivity index (χ1n) is 5.41. The van der Waals surface area contributed by atoms with Crippen molar-refractivity contribution >= 4 is 5.97 Å². The van der Waals surface area contributed by atoms with E-state index in [-0.39, 0.29) is 31.0 Å². The van der Waals surface area contributed by atoms with Crippen molar-refractivity contribution in [2.75, 3.05) is 26.8 Å². The topological polar surface area (TPSA) is 62.9 Å². The molecule has 1 aromatic heterocycles. The van der Waals surface area contributed by atoms with Crippen LogP contribution in [0.15, 0.2) is 16.7 Å². The zero-order chi connectivity index (χ0) is 14.5. The third kappa shape index (κ3) is 5.31. The Bertz CT molecular complexity index is 416. The number of carbonyl (C=O) groups is 1. The molecule has 1 N–H and O–H groups in total. The summed E-state index contributed by atoms with van der Waals surface area (Å²) < 4.78 is 46.8. The second-order valence-electron chi connectivity index (χ2n) is 3.88. The molecule has 0 aliphatic carbocycles. The summed E-state index contributed by atoms with van der Waals surface area (Å²) in [4.78, 5) is 11.9. The minimum atomic E-state index is -4.37. The first-order valence-corrected chi connectivity index (χ1v) is 5.41. The highest BCUT2D eigenvalue weighted by Gasteiger charge is 2.31. The number of halogens is 3. The molecule has 1 rings (SSSR count). The number of carboxylic acids is 1. The van der Waals surface area contributed by atoms with Crippen LogP contribution < -0.4 is 0 Å². The average Bonchev–Trinajstić information content (AvgIpc) is 2.72. The molecule has 1 heterocycles. The highest BCUT2D eigenvalue weighted by molar-refractivity contribution is 5.88. The summed E-state index contributed by atoms with van der Waals surface area (Å²) in [7, 11) is 1.38. The summed E-state index contributed by atoms with van der Waals surface area (Å²) >= 11 is 0. The minimum absolute atomic E-state index is 0.00662. The Balaban J connectivity index is 2.75. The lowest BCUT2D eigenvalue weighted by molar-refractivity contribution is -0.148. The van der Waals surface area contributed by atoms with Crippen molar-refractivity contribution in [3.63, 3.8) is 0 Å². The number of methoxy groups -OCH3 is 1. The van der Waals surface area contributed by atoms with Gasteiger partial charge in [0, 0.05) is 13.7 Å². The summed E-state index contributed by atoms with van der Waals surface area (Å²) in [6, 6.07) is 1.21. The average molecular weight is 281 g/mol. The van der Waals surface area contributed by atoms with E-state index in [1.165, 1.54) is 13.2 Å². The van der Waals surface area contributed by atoms with Gasteiger partial charge in [0.25, 0.3) is 0 Å². The fourth-order valence-corrected chi connectivity index (χ4v) is 1.54. The molecule has 0 bridgehead atoms. The summed E-state index contributed by atoms with van der Waals surface area (Å²) in [6.07, 6.45) is -3.23. The van der Waals surface area contributed by atoms with E-state index >= 15 is 0 Å². The first kappa shape index (κ1) is 15.5. The van der Waals surface area contributed by atoms with Crippen LogP contribution in [0.3, 0.4) is 0 Å². The van der Waals surface area contributed by atoms with E-state index in [1.807, 2.05) is 0 Å². The molecule has 0 unspecified atom stereocenters. The summed E-state index contributed by atoms with van der Waals surface area (Å²) in [6.45, 7) is -1.26. The van der Waals surface area contributed by atoms with Crippen molar-refractivity contribution in [3.8, 4) is 0 Å². The van der Waals surface area contributed by atoms with Gasteiger partial charge < -0.3 is 14.3 Å². The van der Waals surface area contributed by atoms with Gasteiger partial charge in [0.2, 0.25) is 0 Å². The summed E-state index contributed by atoms with van der Waals surface area (Å²) in [5.41, 5.74) is -0.135. The molecule has 0 aliphatic heterocycles. The van der Waals surface area contributed by atoms with Crippen molar-refractivity contribution in [1.29, 1.82) is 0 Å². The third-order valence-electron chi connectivity index (χ3n) is 2.36. The molecular weight excluding hydrogens is 267 g/mol. The van der Waals surface area contributed by atoms with Gasteiger partial charge in [0.15, 0.2) is 0 Å². The first-order chi connectivity index (χ1) is 8.83. The number of furan rings is 1. The molecule has 0 saturated heterocycles. The Morgan fingerprint density at radius 1 is 1.53 bits per heavy atom. The van der Waals surface area contributed by atoms with Crippen molar-refractivity contribution in [2.24, 2.45) is 0 Å². The second-order valence-corrected chi connectivity index (χ2v) is 3.88. The molecule has 8 heteroatoms. The number of carboxylic acid groups (broad SMARTS) is 1. The van der Waals surface area contributed by atoms with Gasteiger partial charge in [-0.3, -0.25) is 4.90 Å². The molecule has 108 valence electrons. The lowest BCUT2D eigenvalue weighted by atomic mass is 10.2. The predicted octanol–water partition coefficient (Wildman–Crippen LogP) is 1.99. The number of aromatic carboxylic acids is 1. The van der Waals surface area contributed by atoms with E-state index < -0.39 is 18.7 Å². The number of rotatable bonds is 7. The van der Waals surface area contributed by atoms with Crippen molar-refractivity contribution in [2.45, 2.75) is 12.7 Å². The molecule has 0 radical (unpaired) electrons. The Morgan fingerprint density at radius 3 is 2.74 bits per heavy atom. The maximum atomic E-state index is 12.4. The quantitative estimate of drug-likeness (QED) is 0.828. The number of hydrogen-bond acceptors (Lipinski definition) is 4. The normalized spacial score (nSPS) is 12.1. The highest BCUT2D eigenvalue weighted by atomic mass is 19.4. The Hall–Kier alpha value is -1.54. The van der Waals surface area contributed by atoms with E-state index in [0.29, 0.717) is 0 Å². The zero-order valence-electron chi connectivity index (χ0n) is 10.2. The molecule has 0 fully saturated rings. The molecular formula is C11H14F3NO4. The lowest BCUT2D eigenvalue weighted by Crippen LogP contribution is -2.36. The van der Waals surface area contributed by atoms with Gasteiger partial charge in [-0.05, 0) is 6.07 Å². The second kappa shape index (κ2) is 6.58. The van der Waals surface area contributed by atoms with Gasteiger partial charge in [-0.25, -0.2) is 4.79 Å². The van der Waals surface area contributed by atoms with E-state index in [4.69, 9.17) is 14.3 Å². The molecule has 1 aromatic rings. The Labute approximate surface area is 107 Å². The Kier molecular flexibility index (Phi) is 5.37. The van der Waals surface area contributed by atoms with Gasteiger partial charge in [-0.2, -0.15) is 13.2 Å². The third-order valence-corrected chi connectivity index (χ3v) is 2.36. The maximum Gasteiger partial charge on any atom is 0.401 e. The summed E-state index contributed by atoms with van der Waals surface area (Å²) in [5.74, 6) is -1.24. The number of ether oxygens (including phenoxy) is 1. The number of hydrogen-bond donors (Lipinski definition) is 1. The standard InChI is InChI=1S/C11H14F3NO4/c1-18-5-3-15(7-11(12,13)14)6-9-8(10(16)17)2-4-19-9/h2,4H,3,5-7H2,1H3,(H,16,17). The van der Waals surface area contributed by atoms with E-state index in [9.17, 15) is 18.0 Å². The molecule has 0 saturated carbocycles. The van der Waals surface area contributed by atoms with Gasteiger partial charge in [0.1, 0.15) is 11.3 Å². The predicted molar refractivity (Wildman–Crippen MR) is 58.9 cm³/mol. The van der Waals surface area contributed by atoms with Crippen LogP contribution in [-0.4, -0.2) is 49.0 Å². The van der Waals surface area contributed by atoms with Crippen LogP contribution in [0.1, 0.15) is 16.1 Å². The molecule has 0 aliphatic rings. The lowest BCUT2D eigenvalue weighted by Gasteiger charge is -2.22. The van der Waals surface area contributed by atoms with Gasteiger partial charge >= 0.3 is 12.1 Å². The fourth-order valence-electron chi connectivity index (χ4n) is 1.54. The number of nitrogens with zero attached hydrogens (tertiary/aromatic N) is 1. The van der Waals surface area contributed by atoms with Crippen LogP contribution in [0.4, 0.5) is 13.2 Å². The van der Waals surface area contributed by atoms with Crippen molar-refractivity contribution < 1.29 is 32.2 Å². The monoisotopic (exact) mass is 281 g/mol. The van der Waals surface area contributed by atoms with Crippen LogP contribution in [0.2, 0.25) is 0 Å². The zero-order valence-corrected chi connectivity index (χ0v) is 10.2. The largest absolute Gasteiger partial charge is 0.478 e. The van der Waals surface area contributed by atoms with Crippen LogP contribution in [0.25, 0.3) is 0 Å². The van der Waals surface area contributed by atoms with Crippen LogP contribution in [0.5, 0.6) is 0 Å². The molecule has 5 nitrogen and oxygen atoms in total. The molecule has 0 aromatic carbocycles. The van der Waals surface area contributed by atoms with Gasteiger partial charge in [-0.15, -0.1) is 0 Å². The smallest absolute Gasteiger partial charge is 0.401 e. The van der Waals surface area contributed by atoms with E-state index in [2.05, 4.69) is 0 Å². The molecule has 19 heavy (non-hydrogen) atoms. The SMILES string of the molecule is COCCN(Cc1occc1C(=O)O)CC(F)(F)F. The van der Waals surface area contributed by atoms with Crippen LogP contribution in [-0.2, 0) is 11.3 Å². The van der Waals surface area contributed by atoms with Crippen molar-refractivity contribution in [1.82, 2.24) is 4.90 Å². The maximum absolute atomic E-state index is 12.4. The van der Waals surface area contributed by atoms with Crippen molar-refractivity contribution in [3.05, 3.63) is 23.7 Å². The molecule has 0 spiro atoms. The number of alkyl halides is 3. The molecule has 0 amide bonds. The highest BCUT2D eigenvalue weighted by Crippen LogP contribution is 2.19. The molecule has 0 atom stereocenters. The minimum Gasteiger partial charge on any atom is -0.478 e. The Morgan fingerprint density at radius 2 is 2.21 bits per heavy atom. The fraction of sp³-hybridized carbons (Fsp3) is 0.545. The van der Waals surface area contributed by atoms with E-state index in [1.54, 1.807) is 0 Å². The van der Waals surface area contributed by atoms with Crippen LogP contribution >= 0.6 is 0 Å². The van der Waals surface area contributed by atoms with Gasteiger partial charge in [-0.1, -0.05) is 0 Å². The van der Waals surface area contributed by atoms with Gasteiger partial charge in [0.05, 0.1) is 26.0 Å². The van der Waals surface area contributed by atoms with E-state index in [0.717, 1.165) is 11.2 Å².